The smallest absolute Gasteiger partial charge is 0.0577 e. The fourth-order valence-electron chi connectivity index (χ4n) is 1.13. The van der Waals surface area contributed by atoms with Crippen LogP contribution in [0, 0.1) is 0 Å². The van der Waals surface area contributed by atoms with Gasteiger partial charge in [0.15, 0.2) is 0 Å². The molecule has 1 aromatic carbocycles. The predicted octanol–water partition coefficient (Wildman–Crippen LogP) is 1.82. The maximum atomic E-state index is 11.6. The van der Waals surface area contributed by atoms with Crippen LogP contribution in [-0.2, 0) is 21.3 Å². The molecule has 0 fully saturated rings. The lowest BCUT2D eigenvalue weighted by molar-refractivity contribution is 0.218. The number of ether oxygens (including phenoxy) is 1. The number of methoxy groups -OCH3 is 1. The minimum absolute atomic E-state index is 0.424. The lowest BCUT2D eigenvalue weighted by atomic mass is 10.2. The molecule has 2 N–H and O–H groups in total. The van der Waals surface area contributed by atoms with Gasteiger partial charge < -0.3 is 10.5 Å². The Bertz CT molecular complexity index is 357. The third-order valence-corrected chi connectivity index (χ3v) is 3.53. The summed E-state index contributed by atoms with van der Waals surface area (Å²) in [6.45, 7) is 0.493. The number of rotatable bonds is 5. The lowest BCUT2D eigenvalue weighted by Gasteiger charge is -2.05. The van der Waals surface area contributed by atoms with Crippen molar-refractivity contribution in [3.8, 4) is 0 Å². The monoisotopic (exact) mass is 247 g/mol. The molecule has 0 amide bonds. The van der Waals surface area contributed by atoms with Crippen LogP contribution in [0.5, 0.6) is 0 Å². The van der Waals surface area contributed by atoms with Crippen LogP contribution in [0.4, 0.5) is 5.69 Å². The maximum Gasteiger partial charge on any atom is 0.0577 e. The van der Waals surface area contributed by atoms with Crippen LogP contribution in [0.1, 0.15) is 5.56 Å². The summed E-state index contributed by atoms with van der Waals surface area (Å²) in [5.41, 5.74) is 7.08. The number of nitrogens with two attached hydrogens (primary N) is 1. The summed E-state index contributed by atoms with van der Waals surface area (Å²) in [7, 11) is 0.634. The van der Waals surface area contributed by atoms with Crippen LogP contribution in [0.2, 0.25) is 5.02 Å². The van der Waals surface area contributed by atoms with Crippen LogP contribution in [0.15, 0.2) is 18.2 Å². The number of anilines is 1. The molecule has 15 heavy (non-hydrogen) atoms. The number of hydrogen-bond donors (Lipinski definition) is 1. The summed E-state index contributed by atoms with van der Waals surface area (Å²) in [6.07, 6.45) is 0. The first-order chi connectivity index (χ1) is 7.13. The van der Waals surface area contributed by atoms with E-state index in [1.54, 1.807) is 25.3 Å². The number of benzene rings is 1. The average Bonchev–Trinajstić information content (AvgIpc) is 2.20. The Morgan fingerprint density at radius 1 is 1.53 bits per heavy atom. The Morgan fingerprint density at radius 3 is 2.93 bits per heavy atom. The van der Waals surface area contributed by atoms with Crippen LogP contribution in [0.25, 0.3) is 0 Å². The first kappa shape index (κ1) is 12.5. The molecular formula is C10H14ClNO2S. The highest BCUT2D eigenvalue weighted by Gasteiger charge is 2.06. The van der Waals surface area contributed by atoms with Crippen molar-refractivity contribution in [2.75, 3.05) is 25.2 Å². The van der Waals surface area contributed by atoms with Gasteiger partial charge in [0, 0.05) is 34.4 Å². The fourth-order valence-corrected chi connectivity index (χ4v) is 2.47. The van der Waals surface area contributed by atoms with E-state index in [2.05, 4.69) is 0 Å². The Labute approximate surface area is 97.0 Å². The number of hydrogen-bond acceptors (Lipinski definition) is 3. The zero-order valence-corrected chi connectivity index (χ0v) is 10.1. The summed E-state index contributed by atoms with van der Waals surface area (Å²) in [4.78, 5) is 0. The zero-order chi connectivity index (χ0) is 11.3. The van der Waals surface area contributed by atoms with Gasteiger partial charge in [-0.1, -0.05) is 11.6 Å². The van der Waals surface area contributed by atoms with Crippen LogP contribution in [0.3, 0.4) is 0 Å². The fraction of sp³-hybridized carbons (Fsp3) is 0.400. The molecular weight excluding hydrogens is 234 g/mol. The largest absolute Gasteiger partial charge is 0.399 e. The Kier molecular flexibility index (Phi) is 5.08. The van der Waals surface area contributed by atoms with Gasteiger partial charge in [-0.05, 0) is 23.8 Å². The molecule has 0 aliphatic heterocycles. The van der Waals surface area contributed by atoms with E-state index in [1.807, 2.05) is 0 Å². The van der Waals surface area contributed by atoms with Crippen molar-refractivity contribution in [2.24, 2.45) is 0 Å². The number of halogens is 1. The van der Waals surface area contributed by atoms with Crippen molar-refractivity contribution < 1.29 is 8.95 Å². The second kappa shape index (κ2) is 6.10. The van der Waals surface area contributed by atoms with Crippen molar-refractivity contribution >= 4 is 28.1 Å². The molecule has 0 bridgehead atoms. The van der Waals surface area contributed by atoms with Crippen molar-refractivity contribution in [2.45, 2.75) is 5.75 Å². The second-order valence-corrected chi connectivity index (χ2v) is 5.12. The van der Waals surface area contributed by atoms with Gasteiger partial charge in [-0.15, -0.1) is 0 Å². The molecule has 0 aliphatic rings. The van der Waals surface area contributed by atoms with Gasteiger partial charge >= 0.3 is 0 Å². The maximum absolute atomic E-state index is 11.6. The molecule has 84 valence electrons. The quantitative estimate of drug-likeness (QED) is 0.808. The van der Waals surface area contributed by atoms with E-state index in [9.17, 15) is 4.21 Å². The van der Waals surface area contributed by atoms with E-state index in [0.717, 1.165) is 5.56 Å². The minimum atomic E-state index is -0.954. The van der Waals surface area contributed by atoms with Crippen molar-refractivity contribution in [1.29, 1.82) is 0 Å². The highest BCUT2D eigenvalue weighted by Crippen LogP contribution is 2.20. The Hall–Kier alpha value is -0.580. The topological polar surface area (TPSA) is 52.3 Å². The molecule has 0 radical (unpaired) electrons. The molecule has 0 aliphatic carbocycles. The van der Waals surface area contributed by atoms with E-state index in [1.165, 1.54) is 0 Å². The molecule has 0 spiro atoms. The van der Waals surface area contributed by atoms with Gasteiger partial charge in [-0.25, -0.2) is 0 Å². The van der Waals surface area contributed by atoms with Gasteiger partial charge in [0.1, 0.15) is 0 Å². The lowest BCUT2D eigenvalue weighted by Crippen LogP contribution is -2.06. The first-order valence-corrected chi connectivity index (χ1v) is 6.38. The standard InChI is InChI=1S/C10H14ClNO2S/c1-14-4-5-15(13)7-8-6-9(12)2-3-10(8)11/h2-3,6H,4-5,7,12H2,1H3. The molecule has 0 saturated carbocycles. The number of nitrogen functional groups attached to an aromatic ring is 1. The molecule has 0 heterocycles. The highest BCUT2D eigenvalue weighted by molar-refractivity contribution is 7.84. The van der Waals surface area contributed by atoms with Crippen LogP contribution in [-0.4, -0.2) is 23.7 Å². The third-order valence-electron chi connectivity index (χ3n) is 1.90. The van der Waals surface area contributed by atoms with Gasteiger partial charge in [0.25, 0.3) is 0 Å². The minimum Gasteiger partial charge on any atom is -0.399 e. The highest BCUT2D eigenvalue weighted by atomic mass is 35.5. The van der Waals surface area contributed by atoms with Gasteiger partial charge in [0.05, 0.1) is 12.4 Å². The molecule has 5 heteroatoms. The molecule has 0 aromatic heterocycles. The first-order valence-electron chi connectivity index (χ1n) is 4.51. The van der Waals surface area contributed by atoms with Gasteiger partial charge in [0.2, 0.25) is 0 Å². The zero-order valence-electron chi connectivity index (χ0n) is 8.53. The Balaban J connectivity index is 2.63. The van der Waals surface area contributed by atoms with E-state index in [4.69, 9.17) is 22.1 Å². The van der Waals surface area contributed by atoms with E-state index < -0.39 is 10.8 Å². The summed E-state index contributed by atoms with van der Waals surface area (Å²) < 4.78 is 16.4. The van der Waals surface area contributed by atoms with Crippen molar-refractivity contribution in [3.63, 3.8) is 0 Å². The normalized spacial score (nSPS) is 12.7. The van der Waals surface area contributed by atoms with Crippen LogP contribution < -0.4 is 5.73 Å². The molecule has 1 aromatic rings. The molecule has 1 unspecified atom stereocenters. The van der Waals surface area contributed by atoms with E-state index in [-0.39, 0.29) is 0 Å². The van der Waals surface area contributed by atoms with E-state index >= 15 is 0 Å². The van der Waals surface area contributed by atoms with Crippen molar-refractivity contribution in [1.82, 2.24) is 0 Å². The summed E-state index contributed by atoms with van der Waals surface area (Å²) in [5.74, 6) is 0.939. The van der Waals surface area contributed by atoms with Gasteiger partial charge in [-0.3, -0.25) is 4.21 Å². The second-order valence-electron chi connectivity index (χ2n) is 3.13. The predicted molar refractivity (Wildman–Crippen MR) is 64.5 cm³/mol. The summed E-state index contributed by atoms with van der Waals surface area (Å²) >= 11 is 5.95. The molecule has 1 atom stereocenters. The van der Waals surface area contributed by atoms with Crippen LogP contribution >= 0.6 is 11.6 Å². The van der Waals surface area contributed by atoms with E-state index in [0.29, 0.717) is 28.8 Å². The average molecular weight is 248 g/mol. The third kappa shape index (κ3) is 4.20. The summed E-state index contributed by atoms with van der Waals surface area (Å²) in [5, 5.41) is 0.606. The molecule has 1 rings (SSSR count). The molecule has 3 nitrogen and oxygen atoms in total. The van der Waals surface area contributed by atoms with Crippen molar-refractivity contribution in [3.05, 3.63) is 28.8 Å². The van der Waals surface area contributed by atoms with Gasteiger partial charge in [-0.2, -0.15) is 0 Å². The SMILES string of the molecule is COCCS(=O)Cc1cc(N)ccc1Cl. The Morgan fingerprint density at radius 2 is 2.27 bits per heavy atom. The summed E-state index contributed by atoms with van der Waals surface area (Å²) in [6, 6.07) is 5.21. The molecule has 0 saturated heterocycles.